The van der Waals surface area contributed by atoms with E-state index in [4.69, 9.17) is 0 Å². The maximum atomic E-state index is 12.4. The normalized spacial score (nSPS) is 26.2. The molecule has 0 saturated heterocycles. The molecule has 0 unspecified atom stereocenters. The fourth-order valence-electron chi connectivity index (χ4n) is 2.73. The number of hydrogen-bond donors (Lipinski definition) is 3. The van der Waals surface area contributed by atoms with Gasteiger partial charge in [0, 0.05) is 6.54 Å². The summed E-state index contributed by atoms with van der Waals surface area (Å²) in [5.74, 6) is -0.477. The monoisotopic (exact) mass is 300 g/mol. The summed E-state index contributed by atoms with van der Waals surface area (Å²) in [6, 6.07) is -0.420. The molecule has 122 valence electrons. The van der Waals surface area contributed by atoms with Crippen LogP contribution < -0.4 is 5.32 Å². The Hall–Kier alpha value is -1.30. The standard InChI is InChI=1S/C15H28N2O4/c1-5-17(10-14(3,4)21)13(20)16-15(12(18)19)8-6-11(2)7-9-15/h11,21H,5-10H2,1-4H3,(H,16,20)(H,18,19). The van der Waals surface area contributed by atoms with Gasteiger partial charge in [0.25, 0.3) is 0 Å². The van der Waals surface area contributed by atoms with E-state index in [0.29, 0.717) is 25.3 Å². The van der Waals surface area contributed by atoms with Crippen LogP contribution in [0.1, 0.15) is 53.4 Å². The highest BCUT2D eigenvalue weighted by atomic mass is 16.4. The fourth-order valence-corrected chi connectivity index (χ4v) is 2.73. The second-order valence-electron chi connectivity index (χ2n) is 6.83. The first-order chi connectivity index (χ1) is 9.59. The number of likely N-dealkylation sites (N-methyl/N-ethyl adjacent to an activating group) is 1. The number of amides is 2. The van der Waals surface area contributed by atoms with Crippen molar-refractivity contribution in [2.75, 3.05) is 13.1 Å². The van der Waals surface area contributed by atoms with Crippen LogP contribution in [-0.2, 0) is 4.79 Å². The number of rotatable bonds is 5. The first-order valence-corrected chi connectivity index (χ1v) is 7.62. The Labute approximate surface area is 126 Å². The zero-order chi connectivity index (χ0) is 16.3. The number of aliphatic hydroxyl groups is 1. The Morgan fingerprint density at radius 3 is 2.24 bits per heavy atom. The van der Waals surface area contributed by atoms with Crippen LogP contribution in [-0.4, -0.2) is 51.3 Å². The Bertz CT molecular complexity index is 382. The molecule has 0 heterocycles. The quantitative estimate of drug-likeness (QED) is 0.722. The molecule has 1 aliphatic carbocycles. The van der Waals surface area contributed by atoms with E-state index in [9.17, 15) is 19.8 Å². The van der Waals surface area contributed by atoms with E-state index in [0.717, 1.165) is 12.8 Å². The minimum atomic E-state index is -1.17. The van der Waals surface area contributed by atoms with Crippen LogP contribution in [0.25, 0.3) is 0 Å². The maximum Gasteiger partial charge on any atom is 0.329 e. The zero-order valence-corrected chi connectivity index (χ0v) is 13.5. The molecular formula is C15H28N2O4. The Balaban J connectivity index is 2.79. The average molecular weight is 300 g/mol. The van der Waals surface area contributed by atoms with Gasteiger partial charge in [-0.15, -0.1) is 0 Å². The van der Waals surface area contributed by atoms with Crippen LogP contribution in [0.15, 0.2) is 0 Å². The third-order valence-electron chi connectivity index (χ3n) is 4.13. The summed E-state index contributed by atoms with van der Waals surface area (Å²) in [6.45, 7) is 7.74. The lowest BCUT2D eigenvalue weighted by molar-refractivity contribution is -0.146. The SMILES string of the molecule is CCN(CC(C)(C)O)C(=O)NC1(C(=O)O)CCC(C)CC1. The zero-order valence-electron chi connectivity index (χ0n) is 13.5. The van der Waals surface area contributed by atoms with Crippen molar-refractivity contribution < 1.29 is 19.8 Å². The van der Waals surface area contributed by atoms with Gasteiger partial charge in [-0.05, 0) is 52.4 Å². The first-order valence-electron chi connectivity index (χ1n) is 7.62. The molecule has 0 radical (unpaired) electrons. The van der Waals surface area contributed by atoms with Crippen molar-refractivity contribution in [3.8, 4) is 0 Å². The average Bonchev–Trinajstić information content (AvgIpc) is 2.37. The summed E-state index contributed by atoms with van der Waals surface area (Å²) in [7, 11) is 0. The lowest BCUT2D eigenvalue weighted by atomic mass is 9.77. The largest absolute Gasteiger partial charge is 0.480 e. The summed E-state index contributed by atoms with van der Waals surface area (Å²) < 4.78 is 0. The highest BCUT2D eigenvalue weighted by molar-refractivity contribution is 5.86. The molecule has 0 atom stereocenters. The van der Waals surface area contributed by atoms with E-state index < -0.39 is 23.1 Å². The number of carbonyl (C=O) groups is 2. The molecule has 0 aliphatic heterocycles. The molecule has 6 nitrogen and oxygen atoms in total. The minimum Gasteiger partial charge on any atom is -0.480 e. The van der Waals surface area contributed by atoms with E-state index in [2.05, 4.69) is 12.2 Å². The van der Waals surface area contributed by atoms with E-state index in [1.165, 1.54) is 4.90 Å². The van der Waals surface area contributed by atoms with Crippen LogP contribution in [0.2, 0.25) is 0 Å². The van der Waals surface area contributed by atoms with E-state index in [1.807, 2.05) is 6.92 Å². The number of nitrogens with one attached hydrogen (secondary N) is 1. The van der Waals surface area contributed by atoms with Gasteiger partial charge in [0.05, 0.1) is 12.1 Å². The Morgan fingerprint density at radius 1 is 1.33 bits per heavy atom. The number of carbonyl (C=O) groups excluding carboxylic acids is 1. The van der Waals surface area contributed by atoms with Crippen molar-refractivity contribution >= 4 is 12.0 Å². The topological polar surface area (TPSA) is 89.9 Å². The lowest BCUT2D eigenvalue weighted by Crippen LogP contribution is -2.60. The van der Waals surface area contributed by atoms with Crippen LogP contribution in [0.4, 0.5) is 4.79 Å². The van der Waals surface area contributed by atoms with Gasteiger partial charge in [0.15, 0.2) is 0 Å². The van der Waals surface area contributed by atoms with Crippen molar-refractivity contribution in [3.05, 3.63) is 0 Å². The highest BCUT2D eigenvalue weighted by Crippen LogP contribution is 2.32. The molecule has 0 aromatic rings. The smallest absolute Gasteiger partial charge is 0.329 e. The van der Waals surface area contributed by atoms with Crippen LogP contribution in [0, 0.1) is 5.92 Å². The molecule has 0 aromatic carbocycles. The van der Waals surface area contributed by atoms with Crippen molar-refractivity contribution in [1.29, 1.82) is 0 Å². The van der Waals surface area contributed by atoms with Crippen LogP contribution in [0.3, 0.4) is 0 Å². The number of carboxylic acid groups (broad SMARTS) is 1. The molecular weight excluding hydrogens is 272 g/mol. The summed E-state index contributed by atoms with van der Waals surface area (Å²) in [6.07, 6.45) is 2.50. The van der Waals surface area contributed by atoms with Gasteiger partial charge >= 0.3 is 12.0 Å². The molecule has 2 amide bonds. The summed E-state index contributed by atoms with van der Waals surface area (Å²) >= 11 is 0. The fraction of sp³-hybridized carbons (Fsp3) is 0.867. The predicted molar refractivity (Wildman–Crippen MR) is 80.1 cm³/mol. The number of urea groups is 1. The second-order valence-corrected chi connectivity index (χ2v) is 6.83. The van der Waals surface area contributed by atoms with Crippen LogP contribution >= 0.6 is 0 Å². The molecule has 21 heavy (non-hydrogen) atoms. The first kappa shape index (κ1) is 17.8. The second kappa shape index (κ2) is 6.64. The van der Waals surface area contributed by atoms with Gasteiger partial charge in [0.2, 0.25) is 0 Å². The minimum absolute atomic E-state index is 0.168. The molecule has 0 aromatic heterocycles. The number of nitrogens with zero attached hydrogens (tertiary/aromatic N) is 1. The van der Waals surface area contributed by atoms with E-state index in [-0.39, 0.29) is 6.54 Å². The predicted octanol–water partition coefficient (Wildman–Crippen LogP) is 1.82. The number of hydrogen-bond acceptors (Lipinski definition) is 3. The van der Waals surface area contributed by atoms with Crippen molar-refractivity contribution in [2.45, 2.75) is 64.5 Å². The van der Waals surface area contributed by atoms with Crippen molar-refractivity contribution in [2.24, 2.45) is 5.92 Å². The van der Waals surface area contributed by atoms with Gasteiger partial charge in [-0.25, -0.2) is 9.59 Å². The molecule has 1 saturated carbocycles. The molecule has 1 aliphatic rings. The third kappa shape index (κ3) is 4.88. The molecule has 0 bridgehead atoms. The number of aliphatic carboxylic acids is 1. The third-order valence-corrected chi connectivity index (χ3v) is 4.13. The van der Waals surface area contributed by atoms with Crippen molar-refractivity contribution in [1.82, 2.24) is 10.2 Å². The molecule has 1 fully saturated rings. The van der Waals surface area contributed by atoms with Crippen LogP contribution in [0.5, 0.6) is 0 Å². The molecule has 0 spiro atoms. The van der Waals surface area contributed by atoms with Gasteiger partial charge in [-0.1, -0.05) is 6.92 Å². The highest BCUT2D eigenvalue weighted by Gasteiger charge is 2.43. The Kier molecular flexibility index (Phi) is 5.61. The summed E-state index contributed by atoms with van der Waals surface area (Å²) in [4.78, 5) is 25.4. The van der Waals surface area contributed by atoms with Crippen molar-refractivity contribution in [3.63, 3.8) is 0 Å². The summed E-state index contributed by atoms with van der Waals surface area (Å²) in [5, 5.41) is 22.1. The van der Waals surface area contributed by atoms with Gasteiger partial charge in [-0.3, -0.25) is 0 Å². The van der Waals surface area contributed by atoms with Gasteiger partial charge in [0.1, 0.15) is 5.54 Å². The lowest BCUT2D eigenvalue weighted by Gasteiger charge is -2.38. The molecule has 1 rings (SSSR count). The molecule has 6 heteroatoms. The van der Waals surface area contributed by atoms with E-state index >= 15 is 0 Å². The summed E-state index contributed by atoms with van der Waals surface area (Å²) in [5.41, 5.74) is -2.18. The van der Waals surface area contributed by atoms with E-state index in [1.54, 1.807) is 13.8 Å². The molecule has 3 N–H and O–H groups in total. The maximum absolute atomic E-state index is 12.4. The Morgan fingerprint density at radius 2 is 1.86 bits per heavy atom. The van der Waals surface area contributed by atoms with Gasteiger partial charge in [-0.2, -0.15) is 0 Å². The van der Waals surface area contributed by atoms with Gasteiger partial charge < -0.3 is 20.4 Å². The number of carboxylic acids is 1.